The fourth-order valence-electron chi connectivity index (χ4n) is 3.83. The molecule has 4 rings (SSSR count). The summed E-state index contributed by atoms with van der Waals surface area (Å²) < 4.78 is 64.2. The van der Waals surface area contributed by atoms with Gasteiger partial charge in [0.1, 0.15) is 5.82 Å². The van der Waals surface area contributed by atoms with Gasteiger partial charge in [-0.1, -0.05) is 30.0 Å². The van der Waals surface area contributed by atoms with Crippen molar-refractivity contribution in [3.05, 3.63) is 88.0 Å². The monoisotopic (exact) mass is 561 g/mol. The van der Waals surface area contributed by atoms with Crippen LogP contribution in [0.1, 0.15) is 11.1 Å². The number of rotatable bonds is 9. The summed E-state index contributed by atoms with van der Waals surface area (Å²) >= 11 is 0.997. The molecule has 12 heteroatoms. The van der Waals surface area contributed by atoms with Crippen molar-refractivity contribution in [1.29, 1.82) is 0 Å². The Morgan fingerprint density at radius 2 is 1.72 bits per heavy atom. The van der Waals surface area contributed by atoms with Crippen LogP contribution in [0.5, 0.6) is 11.5 Å². The van der Waals surface area contributed by atoms with Crippen molar-refractivity contribution >= 4 is 34.3 Å². The number of thioether (sulfide) groups is 1. The number of hydrogen-bond donors (Lipinski definition) is 1. The zero-order valence-corrected chi connectivity index (χ0v) is 21.7. The average Bonchev–Trinajstić information content (AvgIpc) is 2.90. The third-order valence-corrected chi connectivity index (χ3v) is 6.75. The molecule has 0 aliphatic carbocycles. The highest BCUT2D eigenvalue weighted by molar-refractivity contribution is 7.99. The van der Waals surface area contributed by atoms with E-state index < -0.39 is 29.0 Å². The predicted octanol–water partition coefficient (Wildman–Crippen LogP) is 5.55. The van der Waals surface area contributed by atoms with Gasteiger partial charge in [-0.05, 0) is 48.4 Å². The summed E-state index contributed by atoms with van der Waals surface area (Å²) in [5.74, 6) is -0.394. The second-order valence-corrected chi connectivity index (χ2v) is 9.31. The highest BCUT2D eigenvalue weighted by Crippen LogP contribution is 2.32. The zero-order valence-electron chi connectivity index (χ0n) is 20.8. The molecule has 0 fully saturated rings. The SMILES string of the molecule is COc1cc2nc(SCC(=O)Nc3cccc(F)c3)n(CCc3ccc(C(F)(F)F)cc3)c(=O)c2cc1OC. The number of aromatic nitrogens is 2. The van der Waals surface area contributed by atoms with Gasteiger partial charge in [-0.15, -0.1) is 0 Å². The van der Waals surface area contributed by atoms with Gasteiger partial charge in [-0.2, -0.15) is 13.2 Å². The third-order valence-electron chi connectivity index (χ3n) is 5.77. The van der Waals surface area contributed by atoms with E-state index in [2.05, 4.69) is 10.3 Å². The number of benzene rings is 3. The number of anilines is 1. The van der Waals surface area contributed by atoms with Crippen molar-refractivity contribution in [2.24, 2.45) is 0 Å². The first-order valence-corrected chi connectivity index (χ1v) is 12.6. The van der Waals surface area contributed by atoms with E-state index in [0.29, 0.717) is 22.6 Å². The van der Waals surface area contributed by atoms with Crippen LogP contribution in [0.4, 0.5) is 23.2 Å². The smallest absolute Gasteiger partial charge is 0.416 e. The molecule has 0 spiro atoms. The van der Waals surface area contributed by atoms with Crippen molar-refractivity contribution in [1.82, 2.24) is 9.55 Å². The highest BCUT2D eigenvalue weighted by atomic mass is 32.2. The topological polar surface area (TPSA) is 82.5 Å². The lowest BCUT2D eigenvalue weighted by molar-refractivity contribution is -0.137. The average molecular weight is 562 g/mol. The van der Waals surface area contributed by atoms with Crippen LogP contribution in [-0.2, 0) is 23.9 Å². The number of amides is 1. The van der Waals surface area contributed by atoms with Gasteiger partial charge in [0.05, 0.1) is 36.4 Å². The van der Waals surface area contributed by atoms with E-state index in [9.17, 15) is 27.2 Å². The summed E-state index contributed by atoms with van der Waals surface area (Å²) in [7, 11) is 2.88. The molecule has 204 valence electrons. The molecule has 1 N–H and O–H groups in total. The summed E-state index contributed by atoms with van der Waals surface area (Å²) in [5, 5.41) is 3.06. The van der Waals surface area contributed by atoms with Crippen LogP contribution in [0.25, 0.3) is 10.9 Å². The number of carbonyl (C=O) groups is 1. The lowest BCUT2D eigenvalue weighted by Gasteiger charge is -2.15. The number of fused-ring (bicyclic) bond motifs is 1. The number of halogens is 4. The van der Waals surface area contributed by atoms with Crippen LogP contribution < -0.4 is 20.3 Å². The van der Waals surface area contributed by atoms with E-state index in [1.807, 2.05) is 0 Å². The van der Waals surface area contributed by atoms with Crippen molar-refractivity contribution in [3.8, 4) is 11.5 Å². The van der Waals surface area contributed by atoms with E-state index in [-0.39, 0.29) is 34.9 Å². The summed E-state index contributed by atoms with van der Waals surface area (Å²) in [6.45, 7) is 0.0926. The molecule has 0 radical (unpaired) electrons. The number of nitrogens with one attached hydrogen (secondary N) is 1. The lowest BCUT2D eigenvalue weighted by Crippen LogP contribution is -2.25. The fraction of sp³-hybridized carbons (Fsp3) is 0.222. The van der Waals surface area contributed by atoms with E-state index in [0.717, 1.165) is 23.9 Å². The van der Waals surface area contributed by atoms with E-state index in [1.54, 1.807) is 12.1 Å². The second-order valence-electron chi connectivity index (χ2n) is 8.37. The highest BCUT2D eigenvalue weighted by Gasteiger charge is 2.30. The number of aryl methyl sites for hydroxylation is 1. The second kappa shape index (κ2) is 11.8. The predicted molar refractivity (Wildman–Crippen MR) is 140 cm³/mol. The molecule has 0 saturated carbocycles. The zero-order chi connectivity index (χ0) is 28.2. The maximum Gasteiger partial charge on any atom is 0.416 e. The number of ether oxygens (including phenoxy) is 2. The summed E-state index contributed by atoms with van der Waals surface area (Å²) in [4.78, 5) is 30.6. The van der Waals surface area contributed by atoms with Crippen molar-refractivity contribution < 1.29 is 31.8 Å². The van der Waals surface area contributed by atoms with Crippen LogP contribution in [-0.4, -0.2) is 35.4 Å². The van der Waals surface area contributed by atoms with Gasteiger partial charge < -0.3 is 14.8 Å². The first kappa shape index (κ1) is 28.0. The number of nitrogens with zero attached hydrogens (tertiary/aromatic N) is 2. The Morgan fingerprint density at radius 1 is 1.03 bits per heavy atom. The minimum absolute atomic E-state index is 0.0926. The molecule has 1 amide bonds. The Kier molecular flexibility index (Phi) is 8.44. The van der Waals surface area contributed by atoms with Crippen LogP contribution >= 0.6 is 11.8 Å². The van der Waals surface area contributed by atoms with E-state index >= 15 is 0 Å². The summed E-state index contributed by atoms with van der Waals surface area (Å²) in [6, 6.07) is 13.2. The molecular formula is C27H23F4N3O4S. The Labute approximate surface area is 224 Å². The van der Waals surface area contributed by atoms with Crippen molar-refractivity contribution in [2.75, 3.05) is 25.3 Å². The molecule has 4 aromatic rings. The molecule has 0 unspecified atom stereocenters. The Balaban J connectivity index is 1.64. The molecule has 0 saturated heterocycles. The molecule has 39 heavy (non-hydrogen) atoms. The summed E-state index contributed by atoms with van der Waals surface area (Å²) in [5.41, 5.74) is 0.000425. The first-order chi connectivity index (χ1) is 18.6. The molecular weight excluding hydrogens is 538 g/mol. The molecule has 3 aromatic carbocycles. The fourth-order valence-corrected chi connectivity index (χ4v) is 4.66. The third kappa shape index (κ3) is 6.69. The van der Waals surface area contributed by atoms with Gasteiger partial charge in [-0.25, -0.2) is 9.37 Å². The number of alkyl halides is 3. The lowest BCUT2D eigenvalue weighted by atomic mass is 10.1. The Morgan fingerprint density at radius 3 is 2.36 bits per heavy atom. The quantitative estimate of drug-likeness (QED) is 0.164. The van der Waals surface area contributed by atoms with Gasteiger partial charge in [0.25, 0.3) is 5.56 Å². The number of hydrogen-bond acceptors (Lipinski definition) is 6. The first-order valence-electron chi connectivity index (χ1n) is 11.6. The van der Waals surface area contributed by atoms with Gasteiger partial charge in [-0.3, -0.25) is 14.2 Å². The van der Waals surface area contributed by atoms with Crippen molar-refractivity contribution in [3.63, 3.8) is 0 Å². The number of carbonyl (C=O) groups excluding carboxylic acids is 1. The van der Waals surface area contributed by atoms with Gasteiger partial charge in [0, 0.05) is 18.3 Å². The minimum atomic E-state index is -4.45. The molecule has 0 atom stereocenters. The van der Waals surface area contributed by atoms with Gasteiger partial charge in [0.2, 0.25) is 5.91 Å². The van der Waals surface area contributed by atoms with Gasteiger partial charge in [0.15, 0.2) is 16.7 Å². The molecule has 1 heterocycles. The Hall–Kier alpha value is -4.06. The largest absolute Gasteiger partial charge is 0.493 e. The molecule has 1 aromatic heterocycles. The minimum Gasteiger partial charge on any atom is -0.493 e. The van der Waals surface area contributed by atoms with E-state index in [1.165, 1.54) is 55.2 Å². The Bertz CT molecular complexity index is 1560. The normalized spacial score (nSPS) is 11.4. The van der Waals surface area contributed by atoms with Crippen molar-refractivity contribution in [2.45, 2.75) is 24.3 Å². The molecule has 0 aliphatic rings. The number of methoxy groups -OCH3 is 2. The molecule has 7 nitrogen and oxygen atoms in total. The molecule has 0 bridgehead atoms. The summed E-state index contributed by atoms with van der Waals surface area (Å²) in [6.07, 6.45) is -4.21. The maximum atomic E-state index is 13.5. The van der Waals surface area contributed by atoms with E-state index in [4.69, 9.17) is 9.47 Å². The standard InChI is InChI=1S/C27H23F4N3O4S/c1-37-22-13-20-21(14-23(22)38-2)33-26(39-15-24(35)32-19-5-3-4-18(28)12-19)34(25(20)36)11-10-16-6-8-17(9-7-16)27(29,30)31/h3-9,12-14H,10-11,15H2,1-2H3,(H,32,35). The van der Waals surface area contributed by atoms with Gasteiger partial charge >= 0.3 is 6.18 Å². The van der Waals surface area contributed by atoms with Crippen LogP contribution in [0, 0.1) is 5.82 Å². The maximum absolute atomic E-state index is 13.5. The van der Waals surface area contributed by atoms with Crippen LogP contribution in [0.15, 0.2) is 70.6 Å². The van der Waals surface area contributed by atoms with Crippen LogP contribution in [0.3, 0.4) is 0 Å². The van der Waals surface area contributed by atoms with Crippen LogP contribution in [0.2, 0.25) is 0 Å². The molecule has 0 aliphatic heterocycles.